The van der Waals surface area contributed by atoms with Crippen molar-refractivity contribution in [3.63, 3.8) is 0 Å². The fraction of sp³-hybridized carbons (Fsp3) is 0.0789. The van der Waals surface area contributed by atoms with E-state index in [1.165, 1.54) is 22.3 Å². The lowest BCUT2D eigenvalue weighted by molar-refractivity contribution is 0.661. The van der Waals surface area contributed by atoms with Gasteiger partial charge in [-0.15, -0.1) is 0 Å². The van der Waals surface area contributed by atoms with Crippen molar-refractivity contribution in [2.75, 3.05) is 0 Å². The molecule has 8 rings (SSSR count). The Hall–Kier alpha value is -5.53. The maximum Gasteiger partial charge on any atom is 0.162 e. The van der Waals surface area contributed by atoms with Crippen LogP contribution in [0.3, 0.4) is 0 Å². The molecule has 0 spiro atoms. The molecule has 0 saturated carbocycles. The summed E-state index contributed by atoms with van der Waals surface area (Å²) in [4.78, 5) is 10.1. The molecule has 5 aromatic carbocycles. The van der Waals surface area contributed by atoms with Crippen molar-refractivity contribution in [2.24, 2.45) is 0 Å². The molecule has 0 unspecified atom stereocenters. The Morgan fingerprint density at radius 1 is 0.619 bits per heavy atom. The highest BCUT2D eigenvalue weighted by Gasteiger charge is 2.36. The summed E-state index contributed by atoms with van der Waals surface area (Å²) in [7, 11) is 0. The number of benzene rings is 5. The molecule has 2 heterocycles. The molecule has 0 fully saturated rings. The zero-order valence-corrected chi connectivity index (χ0v) is 23.3. The zero-order valence-electron chi connectivity index (χ0n) is 23.3. The van der Waals surface area contributed by atoms with Crippen LogP contribution in [0.4, 0.5) is 0 Å². The fourth-order valence-corrected chi connectivity index (χ4v) is 6.63. The second-order valence-electron chi connectivity index (χ2n) is 11.4. The SMILES string of the molecule is CC1(C)c2ccccc2-c2cc3c(cc21)c1ccccc1n3-c1nc(-c2ccccc2)nc(-c2ccccc2)c1C#N. The molecule has 7 aromatic rings. The highest BCUT2D eigenvalue weighted by molar-refractivity contribution is 6.11. The Labute approximate surface area is 244 Å². The quantitative estimate of drug-likeness (QED) is 0.225. The minimum Gasteiger partial charge on any atom is -0.293 e. The predicted molar refractivity (Wildman–Crippen MR) is 170 cm³/mol. The summed E-state index contributed by atoms with van der Waals surface area (Å²) in [5, 5.41) is 13.0. The minimum atomic E-state index is -0.114. The van der Waals surface area contributed by atoms with Gasteiger partial charge in [0.05, 0.1) is 16.7 Å². The molecular formula is C38H26N4. The molecule has 1 aliphatic rings. The standard InChI is InChI=1S/C38H26N4/c1-38(2)31-19-11-9-17-26(31)28-22-34-29(21-32(28)38)27-18-10-12-20-33(27)42(34)37-30(23-39)35(24-13-5-3-6-14-24)40-36(41-37)25-15-7-4-8-16-25/h3-22H,1-2H3. The number of hydrogen-bond donors (Lipinski definition) is 0. The van der Waals surface area contributed by atoms with Gasteiger partial charge in [-0.2, -0.15) is 5.26 Å². The number of para-hydroxylation sites is 1. The fourth-order valence-electron chi connectivity index (χ4n) is 6.63. The Kier molecular flexibility index (Phi) is 5.20. The van der Waals surface area contributed by atoms with Crippen LogP contribution >= 0.6 is 0 Å². The van der Waals surface area contributed by atoms with Crippen molar-refractivity contribution < 1.29 is 0 Å². The summed E-state index contributed by atoms with van der Waals surface area (Å²) in [6.45, 7) is 4.61. The van der Waals surface area contributed by atoms with E-state index in [-0.39, 0.29) is 5.41 Å². The van der Waals surface area contributed by atoms with Gasteiger partial charge >= 0.3 is 0 Å². The van der Waals surface area contributed by atoms with E-state index in [1.807, 2.05) is 66.7 Å². The second-order valence-corrected chi connectivity index (χ2v) is 11.4. The summed E-state index contributed by atoms with van der Waals surface area (Å²) in [6, 6.07) is 44.2. The van der Waals surface area contributed by atoms with Crippen LogP contribution in [-0.2, 0) is 5.41 Å². The van der Waals surface area contributed by atoms with Gasteiger partial charge in [-0.3, -0.25) is 4.57 Å². The molecule has 2 aromatic heterocycles. The van der Waals surface area contributed by atoms with Crippen LogP contribution in [0.2, 0.25) is 0 Å². The van der Waals surface area contributed by atoms with E-state index in [0.717, 1.165) is 32.9 Å². The third-order valence-corrected chi connectivity index (χ3v) is 8.67. The normalized spacial score (nSPS) is 13.2. The smallest absolute Gasteiger partial charge is 0.162 e. The lowest BCUT2D eigenvalue weighted by atomic mass is 9.82. The van der Waals surface area contributed by atoms with E-state index in [4.69, 9.17) is 9.97 Å². The largest absolute Gasteiger partial charge is 0.293 e. The number of rotatable bonds is 3. The van der Waals surface area contributed by atoms with E-state index >= 15 is 0 Å². The van der Waals surface area contributed by atoms with Crippen molar-refractivity contribution in [1.82, 2.24) is 14.5 Å². The average Bonchev–Trinajstić information content (AvgIpc) is 3.48. The van der Waals surface area contributed by atoms with Crippen molar-refractivity contribution >= 4 is 21.8 Å². The summed E-state index contributed by atoms with van der Waals surface area (Å²) in [5.41, 5.74) is 9.91. The molecule has 0 bridgehead atoms. The first-order valence-electron chi connectivity index (χ1n) is 14.2. The molecular weight excluding hydrogens is 512 g/mol. The molecule has 0 radical (unpaired) electrons. The molecule has 0 aliphatic heterocycles. The van der Waals surface area contributed by atoms with E-state index < -0.39 is 0 Å². The van der Waals surface area contributed by atoms with E-state index in [2.05, 4.69) is 79.1 Å². The average molecular weight is 539 g/mol. The third-order valence-electron chi connectivity index (χ3n) is 8.67. The van der Waals surface area contributed by atoms with Crippen LogP contribution in [0.1, 0.15) is 30.5 Å². The van der Waals surface area contributed by atoms with E-state index in [9.17, 15) is 5.26 Å². The highest BCUT2D eigenvalue weighted by Crippen LogP contribution is 2.51. The van der Waals surface area contributed by atoms with Crippen molar-refractivity contribution in [3.05, 3.63) is 138 Å². The van der Waals surface area contributed by atoms with Gasteiger partial charge in [0.25, 0.3) is 0 Å². The Bertz CT molecular complexity index is 2220. The lowest BCUT2D eigenvalue weighted by Gasteiger charge is -2.21. The summed E-state index contributed by atoms with van der Waals surface area (Å²) in [5.74, 6) is 1.17. The van der Waals surface area contributed by atoms with Gasteiger partial charge < -0.3 is 0 Å². The Balaban J connectivity index is 1.52. The Morgan fingerprint density at radius 3 is 2.05 bits per heavy atom. The van der Waals surface area contributed by atoms with E-state index in [1.54, 1.807) is 0 Å². The zero-order chi connectivity index (χ0) is 28.4. The minimum absolute atomic E-state index is 0.114. The van der Waals surface area contributed by atoms with E-state index in [0.29, 0.717) is 22.9 Å². The second kappa shape index (κ2) is 8.99. The monoisotopic (exact) mass is 538 g/mol. The molecule has 42 heavy (non-hydrogen) atoms. The summed E-state index contributed by atoms with van der Waals surface area (Å²) in [6.07, 6.45) is 0. The molecule has 0 N–H and O–H groups in total. The number of hydrogen-bond acceptors (Lipinski definition) is 3. The molecule has 198 valence electrons. The molecule has 1 aliphatic carbocycles. The van der Waals surface area contributed by atoms with Gasteiger partial charge in [-0.05, 0) is 40.5 Å². The van der Waals surface area contributed by atoms with Crippen molar-refractivity contribution in [1.29, 1.82) is 5.26 Å². The van der Waals surface area contributed by atoms with Gasteiger partial charge in [0.1, 0.15) is 11.6 Å². The summed E-state index contributed by atoms with van der Waals surface area (Å²) < 4.78 is 2.16. The number of fused-ring (bicyclic) bond motifs is 6. The van der Waals surface area contributed by atoms with Gasteiger partial charge in [-0.1, -0.05) is 117 Å². The lowest BCUT2D eigenvalue weighted by Crippen LogP contribution is -2.14. The van der Waals surface area contributed by atoms with Gasteiger partial charge in [0, 0.05) is 27.3 Å². The topological polar surface area (TPSA) is 54.5 Å². The molecule has 0 saturated heterocycles. The third kappa shape index (κ3) is 3.41. The Morgan fingerprint density at radius 2 is 1.29 bits per heavy atom. The van der Waals surface area contributed by atoms with Crippen molar-refractivity contribution in [2.45, 2.75) is 19.3 Å². The molecule has 4 nitrogen and oxygen atoms in total. The molecule has 0 amide bonds. The van der Waals surface area contributed by atoms with Crippen LogP contribution in [0.25, 0.3) is 61.4 Å². The van der Waals surface area contributed by atoms with Crippen molar-refractivity contribution in [3.8, 4) is 45.7 Å². The highest BCUT2D eigenvalue weighted by atomic mass is 15.1. The number of aromatic nitrogens is 3. The predicted octanol–water partition coefficient (Wildman–Crippen LogP) is 9.09. The van der Waals surface area contributed by atoms with Gasteiger partial charge in [0.2, 0.25) is 0 Å². The van der Waals surface area contributed by atoms with Crippen LogP contribution in [0.5, 0.6) is 0 Å². The van der Waals surface area contributed by atoms with Gasteiger partial charge in [-0.25, -0.2) is 9.97 Å². The first kappa shape index (κ1) is 24.3. The van der Waals surface area contributed by atoms with Crippen LogP contribution in [0, 0.1) is 11.3 Å². The first-order chi connectivity index (χ1) is 20.6. The first-order valence-corrected chi connectivity index (χ1v) is 14.2. The molecule has 4 heteroatoms. The van der Waals surface area contributed by atoms with Crippen LogP contribution < -0.4 is 0 Å². The summed E-state index contributed by atoms with van der Waals surface area (Å²) >= 11 is 0. The van der Waals surface area contributed by atoms with Gasteiger partial charge in [0.15, 0.2) is 11.6 Å². The number of nitrogens with zero attached hydrogens (tertiary/aromatic N) is 4. The maximum absolute atomic E-state index is 10.7. The maximum atomic E-state index is 10.7. The number of nitriles is 1. The molecule has 0 atom stereocenters. The van der Waals surface area contributed by atoms with Crippen LogP contribution in [0.15, 0.2) is 121 Å². The van der Waals surface area contributed by atoms with Crippen LogP contribution in [-0.4, -0.2) is 14.5 Å².